The van der Waals surface area contributed by atoms with Crippen molar-refractivity contribution in [2.45, 2.75) is 58.7 Å². The van der Waals surface area contributed by atoms with Gasteiger partial charge in [0.1, 0.15) is 5.60 Å². The third-order valence-electron chi connectivity index (χ3n) is 5.08. The molecule has 6 nitrogen and oxygen atoms in total. The summed E-state index contributed by atoms with van der Waals surface area (Å²) in [7, 11) is 0. The van der Waals surface area contributed by atoms with Crippen LogP contribution in [0.3, 0.4) is 0 Å². The second-order valence-electron chi connectivity index (χ2n) is 9.05. The average molecular weight is 441 g/mol. The summed E-state index contributed by atoms with van der Waals surface area (Å²) >= 11 is 0. The van der Waals surface area contributed by atoms with Crippen LogP contribution >= 0.6 is 0 Å². The number of aromatic nitrogens is 2. The number of alkyl carbamates (subject to hydrolysis) is 1. The van der Waals surface area contributed by atoms with E-state index in [9.17, 15) is 9.18 Å². The molecule has 32 heavy (non-hydrogen) atoms. The molecule has 0 radical (unpaired) electrons. The number of carbonyl (C=O) groups excluding carboxylic acids is 1. The van der Waals surface area contributed by atoms with Crippen molar-refractivity contribution in [2.75, 3.05) is 13.1 Å². The van der Waals surface area contributed by atoms with Gasteiger partial charge in [0.2, 0.25) is 5.95 Å². The SMILES string of the molecule is CC(C)(C)OC(=O)NCCCCCN(Cc1ccc(F)nc1)Cc1c[nH]c2ccccc12. The lowest BCUT2D eigenvalue weighted by molar-refractivity contribution is 0.0527. The molecule has 0 spiro atoms. The van der Waals surface area contributed by atoms with Gasteiger partial charge < -0.3 is 15.0 Å². The average Bonchev–Trinajstić information content (AvgIpc) is 3.14. The van der Waals surface area contributed by atoms with Crippen molar-refractivity contribution >= 4 is 17.0 Å². The van der Waals surface area contributed by atoms with Crippen LogP contribution in [0.2, 0.25) is 0 Å². The Morgan fingerprint density at radius 3 is 2.69 bits per heavy atom. The van der Waals surface area contributed by atoms with Crippen LogP contribution in [0, 0.1) is 5.95 Å². The molecule has 3 rings (SSSR count). The van der Waals surface area contributed by atoms with Crippen molar-refractivity contribution in [3.63, 3.8) is 0 Å². The van der Waals surface area contributed by atoms with Gasteiger partial charge in [-0.15, -0.1) is 0 Å². The lowest BCUT2D eigenvalue weighted by atomic mass is 10.1. The predicted octanol–water partition coefficient (Wildman–Crippen LogP) is 5.40. The second-order valence-corrected chi connectivity index (χ2v) is 9.05. The standard InChI is InChI=1S/C25H33FN4O2/c1-25(2,3)32-24(31)27-13-7-4-8-14-30(17-19-11-12-23(26)29-15-19)18-20-16-28-22-10-6-5-9-21(20)22/h5-6,9-12,15-16,28H,4,7-8,13-14,17-18H2,1-3H3,(H,27,31). The van der Waals surface area contributed by atoms with E-state index in [1.54, 1.807) is 12.3 Å². The topological polar surface area (TPSA) is 70.2 Å². The van der Waals surface area contributed by atoms with Crippen molar-refractivity contribution < 1.29 is 13.9 Å². The van der Waals surface area contributed by atoms with Gasteiger partial charge in [-0.1, -0.05) is 30.7 Å². The first-order valence-electron chi connectivity index (χ1n) is 11.1. The summed E-state index contributed by atoms with van der Waals surface area (Å²) in [6, 6.07) is 11.5. The fraction of sp³-hybridized carbons (Fsp3) is 0.440. The Morgan fingerprint density at radius 1 is 1.12 bits per heavy atom. The van der Waals surface area contributed by atoms with Crippen LogP contribution in [0.4, 0.5) is 9.18 Å². The number of carbonyl (C=O) groups is 1. The molecule has 0 aliphatic rings. The number of hydrogen-bond donors (Lipinski definition) is 2. The van der Waals surface area contributed by atoms with E-state index in [1.165, 1.54) is 17.0 Å². The molecule has 0 bridgehead atoms. The van der Waals surface area contributed by atoms with E-state index in [4.69, 9.17) is 4.74 Å². The molecular formula is C25H33FN4O2. The minimum absolute atomic E-state index is 0.373. The number of benzene rings is 1. The van der Waals surface area contributed by atoms with Gasteiger partial charge in [-0.3, -0.25) is 4.90 Å². The van der Waals surface area contributed by atoms with Gasteiger partial charge in [0.05, 0.1) is 0 Å². The summed E-state index contributed by atoms with van der Waals surface area (Å²) in [5.74, 6) is -0.464. The zero-order valence-electron chi connectivity index (χ0n) is 19.2. The summed E-state index contributed by atoms with van der Waals surface area (Å²) in [5, 5.41) is 4.03. The minimum atomic E-state index is -0.484. The number of halogens is 1. The van der Waals surface area contributed by atoms with Crippen molar-refractivity contribution in [3.8, 4) is 0 Å². The molecule has 2 N–H and O–H groups in total. The predicted molar refractivity (Wildman–Crippen MR) is 125 cm³/mol. The number of unbranched alkanes of at least 4 members (excludes halogenated alkanes) is 2. The summed E-state index contributed by atoms with van der Waals surface area (Å²) in [6.45, 7) is 8.53. The first-order valence-corrected chi connectivity index (χ1v) is 11.1. The highest BCUT2D eigenvalue weighted by Gasteiger charge is 2.15. The third kappa shape index (κ3) is 7.64. The van der Waals surface area contributed by atoms with Crippen LogP contribution in [0.5, 0.6) is 0 Å². The first kappa shape index (κ1) is 23.7. The van der Waals surface area contributed by atoms with E-state index in [2.05, 4.69) is 38.5 Å². The van der Waals surface area contributed by atoms with Crippen LogP contribution in [-0.2, 0) is 17.8 Å². The van der Waals surface area contributed by atoms with E-state index in [-0.39, 0.29) is 6.09 Å². The molecule has 0 atom stereocenters. The number of nitrogens with one attached hydrogen (secondary N) is 2. The molecule has 0 aliphatic heterocycles. The number of rotatable bonds is 10. The smallest absolute Gasteiger partial charge is 0.407 e. The highest BCUT2D eigenvalue weighted by Crippen LogP contribution is 2.20. The quantitative estimate of drug-likeness (QED) is 0.327. The zero-order chi connectivity index (χ0) is 23.0. The summed E-state index contributed by atoms with van der Waals surface area (Å²) in [5.41, 5.74) is 2.86. The van der Waals surface area contributed by atoms with Crippen LogP contribution < -0.4 is 5.32 Å². The molecule has 0 saturated heterocycles. The molecule has 0 fully saturated rings. The third-order valence-corrected chi connectivity index (χ3v) is 5.08. The number of para-hydroxylation sites is 1. The van der Waals surface area contributed by atoms with Crippen molar-refractivity contribution in [3.05, 3.63) is 65.9 Å². The Kier molecular flexibility index (Phi) is 8.22. The largest absolute Gasteiger partial charge is 0.444 e. The molecule has 3 aromatic rings. The van der Waals surface area contributed by atoms with Gasteiger partial charge >= 0.3 is 6.09 Å². The van der Waals surface area contributed by atoms with E-state index in [0.29, 0.717) is 13.1 Å². The van der Waals surface area contributed by atoms with Crippen LogP contribution in [0.1, 0.15) is 51.2 Å². The van der Waals surface area contributed by atoms with Gasteiger partial charge in [-0.05, 0) is 63.4 Å². The second kappa shape index (κ2) is 11.1. The van der Waals surface area contributed by atoms with Gasteiger partial charge in [0.15, 0.2) is 0 Å². The van der Waals surface area contributed by atoms with E-state index >= 15 is 0 Å². The number of H-pyrrole nitrogens is 1. The number of aromatic amines is 1. The van der Waals surface area contributed by atoms with Gasteiger partial charge in [-0.2, -0.15) is 4.39 Å². The van der Waals surface area contributed by atoms with Gasteiger partial charge in [-0.25, -0.2) is 9.78 Å². The molecule has 1 amide bonds. The summed E-state index contributed by atoms with van der Waals surface area (Å²) in [4.78, 5) is 21.2. The Labute approximate surface area is 189 Å². The lowest BCUT2D eigenvalue weighted by Gasteiger charge is -2.22. The highest BCUT2D eigenvalue weighted by atomic mass is 19.1. The van der Waals surface area contributed by atoms with Crippen LogP contribution in [0.25, 0.3) is 10.9 Å². The minimum Gasteiger partial charge on any atom is -0.444 e. The molecule has 2 heterocycles. The molecule has 172 valence electrons. The maximum atomic E-state index is 13.2. The number of amides is 1. The molecule has 0 saturated carbocycles. The molecule has 7 heteroatoms. The number of fused-ring (bicyclic) bond motifs is 1. The lowest BCUT2D eigenvalue weighted by Crippen LogP contribution is -2.33. The molecule has 2 aromatic heterocycles. The fourth-order valence-corrected chi connectivity index (χ4v) is 3.62. The van der Waals surface area contributed by atoms with E-state index in [1.807, 2.05) is 32.9 Å². The van der Waals surface area contributed by atoms with Crippen molar-refractivity contribution in [1.29, 1.82) is 0 Å². The number of pyridine rings is 1. The van der Waals surface area contributed by atoms with Crippen molar-refractivity contribution in [2.24, 2.45) is 0 Å². The zero-order valence-corrected chi connectivity index (χ0v) is 19.2. The van der Waals surface area contributed by atoms with E-state index < -0.39 is 11.5 Å². The molecular weight excluding hydrogens is 407 g/mol. The number of hydrogen-bond acceptors (Lipinski definition) is 4. The molecule has 0 aliphatic carbocycles. The van der Waals surface area contributed by atoms with Crippen LogP contribution in [0.15, 0.2) is 48.8 Å². The van der Waals surface area contributed by atoms with Gasteiger partial charge in [0.25, 0.3) is 0 Å². The molecule has 0 unspecified atom stereocenters. The van der Waals surface area contributed by atoms with Gasteiger partial charge in [0, 0.05) is 42.9 Å². The maximum absolute atomic E-state index is 13.2. The Balaban J connectivity index is 1.52. The normalized spacial score (nSPS) is 11.8. The Bertz CT molecular complexity index is 995. The van der Waals surface area contributed by atoms with Crippen molar-refractivity contribution in [1.82, 2.24) is 20.2 Å². The molecule has 1 aromatic carbocycles. The highest BCUT2D eigenvalue weighted by molar-refractivity contribution is 5.82. The first-order chi connectivity index (χ1) is 15.3. The summed E-state index contributed by atoms with van der Waals surface area (Å²) in [6.07, 6.45) is 6.16. The number of nitrogens with zero attached hydrogens (tertiary/aromatic N) is 2. The monoisotopic (exact) mass is 440 g/mol. The maximum Gasteiger partial charge on any atom is 0.407 e. The Hall–Kier alpha value is -2.93. The fourth-order valence-electron chi connectivity index (χ4n) is 3.62. The number of ether oxygens (including phenoxy) is 1. The summed E-state index contributed by atoms with van der Waals surface area (Å²) < 4.78 is 18.5. The Morgan fingerprint density at radius 2 is 1.94 bits per heavy atom. The van der Waals surface area contributed by atoms with E-state index in [0.717, 1.165) is 43.4 Å². The van der Waals surface area contributed by atoms with Crippen LogP contribution in [-0.4, -0.2) is 39.7 Å².